The van der Waals surface area contributed by atoms with E-state index in [-0.39, 0.29) is 0 Å². The number of hydrogen-bond donors (Lipinski definition) is 1. The monoisotopic (exact) mass is 286 g/mol. The van der Waals surface area contributed by atoms with Gasteiger partial charge < -0.3 is 13.7 Å². The van der Waals surface area contributed by atoms with Gasteiger partial charge in [0.15, 0.2) is 11.5 Å². The Morgan fingerprint density at radius 1 is 1.06 bits per heavy atom. The lowest BCUT2D eigenvalue weighted by molar-refractivity contribution is 0.371. The van der Waals surface area contributed by atoms with Gasteiger partial charge in [-0.3, -0.25) is 0 Å². The normalized spacial score (nSPS) is 11.2. The van der Waals surface area contributed by atoms with E-state index in [2.05, 4.69) is 42.8 Å². The van der Waals surface area contributed by atoms with Crippen LogP contribution < -0.4 is 13.7 Å². The van der Waals surface area contributed by atoms with E-state index in [0.29, 0.717) is 17.2 Å². The molecule has 1 aromatic carbocycles. The van der Waals surface area contributed by atoms with Gasteiger partial charge in [-0.25, -0.2) is 0 Å². The molecule has 0 N–H and O–H groups in total. The molecule has 0 radical (unpaired) electrons. The molecule has 3 nitrogen and oxygen atoms in total. The van der Waals surface area contributed by atoms with Crippen LogP contribution in [-0.2, 0) is 0 Å². The van der Waals surface area contributed by atoms with E-state index < -0.39 is 10.0 Å². The smallest absolute Gasteiger partial charge is 0.220 e. The maximum atomic E-state index is 5.24. The van der Waals surface area contributed by atoms with Crippen LogP contribution in [0.2, 0.25) is 0 Å². The topological polar surface area (TPSA) is 27.7 Å². The molecule has 0 fully saturated rings. The second-order valence-electron chi connectivity index (χ2n) is 4.37. The second-order valence-corrected chi connectivity index (χ2v) is 8.43. The molecule has 1 rings (SSSR count). The van der Waals surface area contributed by atoms with Gasteiger partial charge in [0, 0.05) is 18.5 Å². The van der Waals surface area contributed by atoms with Crippen molar-refractivity contribution < 1.29 is 13.7 Å². The summed E-state index contributed by atoms with van der Waals surface area (Å²) in [4.78, 5) is 0. The predicted octanol–water partition coefficient (Wildman–Crippen LogP) is 2.93. The summed E-state index contributed by atoms with van der Waals surface area (Å²) in [6.45, 7) is 0. The molecule has 0 heterocycles. The third kappa shape index (κ3) is 3.97. The average molecular weight is 286 g/mol. The SMILES string of the molecule is COc1cc(C#CS(C)(C)C)cc(OC)c1OS. The molecule has 0 aliphatic rings. The van der Waals surface area contributed by atoms with Gasteiger partial charge in [-0.1, -0.05) is 5.92 Å². The molecule has 0 aliphatic heterocycles. The molecule has 18 heavy (non-hydrogen) atoms. The summed E-state index contributed by atoms with van der Waals surface area (Å²) in [6.07, 6.45) is 6.42. The van der Waals surface area contributed by atoms with Gasteiger partial charge in [0.1, 0.15) is 0 Å². The first-order valence-electron chi connectivity index (χ1n) is 5.20. The molecule has 0 bridgehead atoms. The quantitative estimate of drug-likeness (QED) is 0.526. The van der Waals surface area contributed by atoms with Crippen LogP contribution in [0.3, 0.4) is 0 Å². The Morgan fingerprint density at radius 2 is 1.56 bits per heavy atom. The van der Waals surface area contributed by atoms with Crippen LogP contribution in [0.5, 0.6) is 17.2 Å². The van der Waals surface area contributed by atoms with Gasteiger partial charge in [-0.15, -0.1) is 0 Å². The summed E-state index contributed by atoms with van der Waals surface area (Å²) in [5, 5.41) is 3.24. The molecule has 1 aromatic rings. The molecule has 0 spiro atoms. The molecular formula is C13H18O3S2. The van der Waals surface area contributed by atoms with Crippen molar-refractivity contribution in [3.8, 4) is 28.4 Å². The van der Waals surface area contributed by atoms with Crippen LogP contribution in [0.4, 0.5) is 0 Å². The summed E-state index contributed by atoms with van der Waals surface area (Å²) in [7, 11) is 2.27. The van der Waals surface area contributed by atoms with Gasteiger partial charge in [-0.05, 0) is 36.2 Å². The Balaban J connectivity index is 3.26. The molecular weight excluding hydrogens is 268 g/mol. The third-order valence-electron chi connectivity index (χ3n) is 2.05. The first-order chi connectivity index (χ1) is 8.41. The fourth-order valence-corrected chi connectivity index (χ4v) is 1.86. The van der Waals surface area contributed by atoms with E-state index in [0.717, 1.165) is 5.56 Å². The van der Waals surface area contributed by atoms with Crippen molar-refractivity contribution >= 4 is 22.9 Å². The first kappa shape index (κ1) is 14.9. The molecule has 0 amide bonds. The Hall–Kier alpha value is -1.12. The summed E-state index contributed by atoms with van der Waals surface area (Å²) in [5.74, 6) is 4.69. The van der Waals surface area contributed by atoms with Crippen molar-refractivity contribution in [2.75, 3.05) is 33.0 Å². The predicted molar refractivity (Wildman–Crippen MR) is 81.4 cm³/mol. The lowest BCUT2D eigenvalue weighted by Gasteiger charge is -2.15. The fourth-order valence-electron chi connectivity index (χ4n) is 1.25. The van der Waals surface area contributed by atoms with Crippen molar-refractivity contribution in [1.82, 2.24) is 0 Å². The first-order valence-corrected chi connectivity index (χ1v) is 8.42. The Morgan fingerprint density at radius 3 is 1.89 bits per heavy atom. The lowest BCUT2D eigenvalue weighted by Crippen LogP contribution is -1.94. The molecule has 0 atom stereocenters. The molecule has 0 unspecified atom stereocenters. The van der Waals surface area contributed by atoms with Crippen molar-refractivity contribution in [3.05, 3.63) is 17.7 Å². The van der Waals surface area contributed by atoms with E-state index in [1.54, 1.807) is 14.2 Å². The van der Waals surface area contributed by atoms with Crippen LogP contribution >= 0.6 is 22.9 Å². The maximum absolute atomic E-state index is 5.24. The van der Waals surface area contributed by atoms with E-state index in [9.17, 15) is 0 Å². The molecule has 0 aromatic heterocycles. The summed E-state index contributed by atoms with van der Waals surface area (Å²) in [6, 6.07) is 3.62. The molecule has 100 valence electrons. The van der Waals surface area contributed by atoms with Crippen LogP contribution in [0, 0.1) is 11.2 Å². The highest BCUT2D eigenvalue weighted by Gasteiger charge is 2.13. The zero-order valence-electron chi connectivity index (χ0n) is 11.2. The van der Waals surface area contributed by atoms with E-state index in [4.69, 9.17) is 13.7 Å². The lowest BCUT2D eigenvalue weighted by atomic mass is 10.2. The number of thiol groups is 1. The summed E-state index contributed by atoms with van der Waals surface area (Å²) < 4.78 is 15.4. The summed E-state index contributed by atoms with van der Waals surface area (Å²) in [5.41, 5.74) is 0.834. The summed E-state index contributed by atoms with van der Waals surface area (Å²) >= 11 is 3.80. The minimum atomic E-state index is -0.866. The minimum absolute atomic E-state index is 0.456. The Labute approximate surface area is 116 Å². The van der Waals surface area contributed by atoms with Crippen molar-refractivity contribution in [2.45, 2.75) is 0 Å². The standard InChI is InChI=1S/C13H18O3S2/c1-14-11-8-10(6-7-18(3,4)5)9-12(15-2)13(11)16-17/h8-9,17H,1-5H3. The number of rotatable bonds is 3. The Kier molecular flexibility index (Phi) is 5.12. The molecule has 0 saturated carbocycles. The highest BCUT2D eigenvalue weighted by molar-refractivity contribution is 8.35. The van der Waals surface area contributed by atoms with Crippen LogP contribution in [0.15, 0.2) is 12.1 Å². The molecule has 5 heteroatoms. The number of hydrogen-bond acceptors (Lipinski definition) is 4. The van der Waals surface area contributed by atoms with Gasteiger partial charge in [0.05, 0.1) is 14.2 Å². The minimum Gasteiger partial charge on any atom is -0.493 e. The van der Waals surface area contributed by atoms with Crippen LogP contribution in [0.25, 0.3) is 0 Å². The largest absolute Gasteiger partial charge is 0.493 e. The fraction of sp³-hybridized carbons (Fsp3) is 0.385. The molecule has 0 aliphatic carbocycles. The van der Waals surface area contributed by atoms with Crippen LogP contribution in [0.1, 0.15) is 5.56 Å². The highest BCUT2D eigenvalue weighted by Crippen LogP contribution is 2.39. The van der Waals surface area contributed by atoms with E-state index in [1.807, 2.05) is 12.1 Å². The number of methoxy groups -OCH3 is 2. The Bertz CT molecular complexity index is 456. The van der Waals surface area contributed by atoms with E-state index >= 15 is 0 Å². The van der Waals surface area contributed by atoms with Gasteiger partial charge in [0.25, 0.3) is 0 Å². The highest BCUT2D eigenvalue weighted by atomic mass is 32.3. The maximum Gasteiger partial charge on any atom is 0.220 e. The zero-order valence-corrected chi connectivity index (χ0v) is 12.9. The zero-order chi connectivity index (χ0) is 13.8. The van der Waals surface area contributed by atoms with Crippen molar-refractivity contribution in [1.29, 1.82) is 0 Å². The van der Waals surface area contributed by atoms with Gasteiger partial charge >= 0.3 is 0 Å². The molecule has 0 saturated heterocycles. The second kappa shape index (κ2) is 6.17. The van der Waals surface area contributed by atoms with Gasteiger partial charge in [0.2, 0.25) is 5.75 Å². The van der Waals surface area contributed by atoms with Crippen LogP contribution in [-0.4, -0.2) is 33.0 Å². The average Bonchev–Trinajstić information content (AvgIpc) is 2.33. The van der Waals surface area contributed by atoms with E-state index in [1.165, 1.54) is 0 Å². The van der Waals surface area contributed by atoms with Crippen molar-refractivity contribution in [2.24, 2.45) is 0 Å². The number of benzene rings is 1. The number of ether oxygens (including phenoxy) is 2. The van der Waals surface area contributed by atoms with Crippen molar-refractivity contribution in [3.63, 3.8) is 0 Å². The van der Waals surface area contributed by atoms with Gasteiger partial charge in [-0.2, -0.15) is 10.0 Å². The third-order valence-corrected chi connectivity index (χ3v) is 2.95.